The number of methoxy groups -OCH3 is 1. The maximum atomic E-state index is 11.9. The quantitative estimate of drug-likeness (QED) is 0.381. The van der Waals surface area contributed by atoms with Gasteiger partial charge < -0.3 is 20.5 Å². The second-order valence-electron chi connectivity index (χ2n) is 7.12. The summed E-state index contributed by atoms with van der Waals surface area (Å²) in [6.07, 6.45) is 4.49. The predicted octanol–water partition coefficient (Wildman–Crippen LogP) is 3.19. The van der Waals surface area contributed by atoms with Crippen molar-refractivity contribution in [3.8, 4) is 22.8 Å². The number of ether oxygens (including phenoxy) is 2. The Balaban J connectivity index is 1.54. The zero-order chi connectivity index (χ0) is 23.0. The molecule has 0 fully saturated rings. The Morgan fingerprint density at radius 3 is 2.61 bits per heavy atom. The normalized spacial score (nSPS) is 11.2. The van der Waals surface area contributed by atoms with Gasteiger partial charge in [-0.25, -0.2) is 14.6 Å². The van der Waals surface area contributed by atoms with Crippen molar-refractivity contribution in [2.75, 3.05) is 26.0 Å². The Morgan fingerprint density at radius 1 is 1.09 bits per heavy atom. The molecule has 4 aromatic rings. The summed E-state index contributed by atoms with van der Waals surface area (Å²) in [4.78, 5) is 20.4. The minimum atomic E-state index is -0.202. The third-order valence-corrected chi connectivity index (χ3v) is 4.82. The number of rotatable bonds is 9. The molecule has 2 heterocycles. The van der Waals surface area contributed by atoms with Crippen LogP contribution in [-0.2, 0) is 16.1 Å². The highest BCUT2D eigenvalue weighted by molar-refractivity contribution is 5.98. The van der Waals surface area contributed by atoms with Crippen LogP contribution < -0.4 is 15.8 Å². The number of amides is 1. The van der Waals surface area contributed by atoms with Crippen LogP contribution in [0.4, 0.5) is 5.82 Å². The van der Waals surface area contributed by atoms with Gasteiger partial charge in [-0.05, 0) is 36.4 Å². The fourth-order valence-corrected chi connectivity index (χ4v) is 3.29. The summed E-state index contributed by atoms with van der Waals surface area (Å²) >= 11 is 0. The van der Waals surface area contributed by atoms with E-state index in [9.17, 15) is 4.79 Å². The largest absolute Gasteiger partial charge is 0.457 e. The van der Waals surface area contributed by atoms with Crippen LogP contribution >= 0.6 is 0 Å². The maximum Gasteiger partial charge on any atom is 0.243 e. The van der Waals surface area contributed by atoms with Crippen molar-refractivity contribution < 1.29 is 14.3 Å². The minimum Gasteiger partial charge on any atom is -0.457 e. The van der Waals surface area contributed by atoms with Gasteiger partial charge in [0.25, 0.3) is 0 Å². The molecule has 0 aliphatic carbocycles. The fraction of sp³-hybridized carbons (Fsp3) is 0.167. The SMILES string of the molecule is COCC=CC(=O)NCCn1nc(-c2ccc(Oc3ccccc3)cc2)c2c(N)ncnc21. The van der Waals surface area contributed by atoms with Crippen LogP contribution in [0.5, 0.6) is 11.5 Å². The summed E-state index contributed by atoms with van der Waals surface area (Å²) in [6, 6.07) is 17.2. The van der Waals surface area contributed by atoms with Gasteiger partial charge in [0.1, 0.15) is 29.3 Å². The second kappa shape index (κ2) is 10.4. The highest BCUT2D eigenvalue weighted by Gasteiger charge is 2.17. The van der Waals surface area contributed by atoms with Crippen molar-refractivity contribution in [1.82, 2.24) is 25.1 Å². The summed E-state index contributed by atoms with van der Waals surface area (Å²) in [6.45, 7) is 1.18. The Morgan fingerprint density at radius 2 is 1.85 bits per heavy atom. The molecule has 1 amide bonds. The highest BCUT2D eigenvalue weighted by Crippen LogP contribution is 2.31. The molecule has 168 valence electrons. The number of para-hydroxylation sites is 1. The molecule has 0 atom stereocenters. The summed E-state index contributed by atoms with van der Waals surface area (Å²) in [5.41, 5.74) is 8.29. The number of aromatic nitrogens is 4. The van der Waals surface area contributed by atoms with E-state index in [1.54, 1.807) is 17.9 Å². The number of nitrogens with zero attached hydrogens (tertiary/aromatic N) is 4. The number of benzene rings is 2. The number of carbonyl (C=O) groups is 1. The first-order valence-electron chi connectivity index (χ1n) is 10.4. The minimum absolute atomic E-state index is 0.202. The summed E-state index contributed by atoms with van der Waals surface area (Å²) < 4.78 is 12.5. The van der Waals surface area contributed by atoms with Gasteiger partial charge in [-0.1, -0.05) is 24.3 Å². The molecule has 0 radical (unpaired) electrons. The summed E-state index contributed by atoms with van der Waals surface area (Å²) in [5.74, 6) is 1.61. The average molecular weight is 444 g/mol. The van der Waals surface area contributed by atoms with Crippen LogP contribution in [0.15, 0.2) is 73.1 Å². The van der Waals surface area contributed by atoms with Crippen LogP contribution in [-0.4, -0.2) is 45.9 Å². The van der Waals surface area contributed by atoms with Crippen molar-refractivity contribution >= 4 is 22.8 Å². The van der Waals surface area contributed by atoms with E-state index in [1.165, 1.54) is 12.4 Å². The highest BCUT2D eigenvalue weighted by atomic mass is 16.5. The van der Waals surface area contributed by atoms with Crippen LogP contribution in [0.3, 0.4) is 0 Å². The van der Waals surface area contributed by atoms with Crippen LogP contribution in [0.2, 0.25) is 0 Å². The van der Waals surface area contributed by atoms with Gasteiger partial charge in [-0.3, -0.25) is 4.79 Å². The summed E-state index contributed by atoms with van der Waals surface area (Å²) in [7, 11) is 1.57. The number of hydrogen-bond donors (Lipinski definition) is 2. The molecule has 9 nitrogen and oxygen atoms in total. The van der Waals surface area contributed by atoms with E-state index in [1.807, 2.05) is 54.6 Å². The molecule has 0 aliphatic rings. The van der Waals surface area contributed by atoms with E-state index in [0.29, 0.717) is 48.0 Å². The van der Waals surface area contributed by atoms with Crippen molar-refractivity contribution in [3.05, 3.63) is 73.1 Å². The van der Waals surface area contributed by atoms with Crippen molar-refractivity contribution in [2.24, 2.45) is 0 Å². The molecule has 0 spiro atoms. The number of carbonyl (C=O) groups excluding carboxylic acids is 1. The molecule has 0 unspecified atom stereocenters. The standard InChI is InChI=1S/C24H24N6O3/c1-32-15-5-8-20(31)26-13-14-30-24-21(23(25)27-16-28-24)22(29-30)17-9-11-19(12-10-17)33-18-6-3-2-4-7-18/h2-12,16H,13-15H2,1H3,(H,26,31)(H2,25,27,28). The molecule has 3 N–H and O–H groups in total. The zero-order valence-electron chi connectivity index (χ0n) is 18.1. The molecule has 0 bridgehead atoms. The third kappa shape index (κ3) is 5.34. The van der Waals surface area contributed by atoms with Crippen molar-refractivity contribution in [3.63, 3.8) is 0 Å². The number of nitrogen functional groups attached to an aromatic ring is 1. The molecule has 2 aromatic heterocycles. The van der Waals surface area contributed by atoms with Crippen LogP contribution in [0.1, 0.15) is 0 Å². The van der Waals surface area contributed by atoms with E-state index < -0.39 is 0 Å². The van der Waals surface area contributed by atoms with Crippen LogP contribution in [0.25, 0.3) is 22.3 Å². The van der Waals surface area contributed by atoms with E-state index in [-0.39, 0.29) is 5.91 Å². The lowest BCUT2D eigenvalue weighted by molar-refractivity contribution is -0.116. The Bertz CT molecular complexity index is 1250. The number of fused-ring (bicyclic) bond motifs is 1. The first kappa shape index (κ1) is 22.0. The molecule has 0 aliphatic heterocycles. The van der Waals surface area contributed by atoms with Gasteiger partial charge in [0.2, 0.25) is 5.91 Å². The Hall–Kier alpha value is -4.24. The van der Waals surface area contributed by atoms with E-state index in [2.05, 4.69) is 15.3 Å². The lowest BCUT2D eigenvalue weighted by Crippen LogP contribution is -2.26. The lowest BCUT2D eigenvalue weighted by Gasteiger charge is -2.06. The fourth-order valence-electron chi connectivity index (χ4n) is 3.29. The first-order valence-corrected chi connectivity index (χ1v) is 10.4. The second-order valence-corrected chi connectivity index (χ2v) is 7.12. The van der Waals surface area contributed by atoms with E-state index in [4.69, 9.17) is 20.3 Å². The summed E-state index contributed by atoms with van der Waals surface area (Å²) in [5, 5.41) is 8.19. The Labute approximate surface area is 190 Å². The molecule has 0 saturated carbocycles. The average Bonchev–Trinajstić information content (AvgIpc) is 3.20. The molecular formula is C24H24N6O3. The van der Waals surface area contributed by atoms with E-state index >= 15 is 0 Å². The van der Waals surface area contributed by atoms with E-state index in [0.717, 1.165) is 11.3 Å². The van der Waals surface area contributed by atoms with Gasteiger partial charge in [0.15, 0.2) is 5.65 Å². The van der Waals surface area contributed by atoms with Crippen LogP contribution in [0, 0.1) is 0 Å². The molecule has 33 heavy (non-hydrogen) atoms. The van der Waals surface area contributed by atoms with Crippen molar-refractivity contribution in [2.45, 2.75) is 6.54 Å². The molecule has 9 heteroatoms. The smallest absolute Gasteiger partial charge is 0.243 e. The van der Waals surface area contributed by atoms with Crippen molar-refractivity contribution in [1.29, 1.82) is 0 Å². The number of anilines is 1. The molecule has 4 rings (SSSR count). The first-order chi connectivity index (χ1) is 16.2. The zero-order valence-corrected chi connectivity index (χ0v) is 18.1. The predicted molar refractivity (Wildman–Crippen MR) is 126 cm³/mol. The van der Waals surface area contributed by atoms with Gasteiger partial charge in [-0.15, -0.1) is 0 Å². The topological polar surface area (TPSA) is 117 Å². The van der Waals surface area contributed by atoms with Gasteiger partial charge in [0.05, 0.1) is 18.5 Å². The monoisotopic (exact) mass is 444 g/mol. The number of hydrogen-bond acceptors (Lipinski definition) is 7. The van der Waals surface area contributed by atoms with Gasteiger partial charge in [-0.2, -0.15) is 5.10 Å². The molecular weight excluding hydrogens is 420 g/mol. The number of nitrogens with two attached hydrogens (primary N) is 1. The molecule has 2 aromatic carbocycles. The maximum absolute atomic E-state index is 11.9. The number of nitrogens with one attached hydrogen (secondary N) is 1. The van der Waals surface area contributed by atoms with Gasteiger partial charge >= 0.3 is 0 Å². The molecule has 0 saturated heterocycles. The van der Waals surface area contributed by atoms with Gasteiger partial charge in [0, 0.05) is 25.3 Å². The third-order valence-electron chi connectivity index (χ3n) is 4.82. The lowest BCUT2D eigenvalue weighted by atomic mass is 10.1. The Kier molecular flexibility index (Phi) is 6.91.